The lowest BCUT2D eigenvalue weighted by Crippen LogP contribution is -2.47. The highest BCUT2D eigenvalue weighted by atomic mass is 16.5. The van der Waals surface area contributed by atoms with E-state index in [1.807, 2.05) is 12.1 Å². The molecule has 2 atom stereocenters. The second kappa shape index (κ2) is 4.46. The van der Waals surface area contributed by atoms with Gasteiger partial charge in [-0.15, -0.1) is 0 Å². The van der Waals surface area contributed by atoms with Crippen LogP contribution in [0.15, 0.2) is 24.3 Å². The van der Waals surface area contributed by atoms with Crippen molar-refractivity contribution in [1.29, 1.82) is 0 Å². The second-order valence-corrected chi connectivity index (χ2v) is 5.00. The highest BCUT2D eigenvalue weighted by Crippen LogP contribution is 2.32. The average molecular weight is 219 g/mol. The monoisotopic (exact) mass is 219 g/mol. The first kappa shape index (κ1) is 11.5. The van der Waals surface area contributed by atoms with Crippen LogP contribution in [-0.2, 0) is 5.54 Å². The fourth-order valence-electron chi connectivity index (χ4n) is 2.64. The number of piperidine rings is 1. The molecule has 0 bridgehead atoms. The first-order chi connectivity index (χ1) is 7.64. The molecule has 0 aliphatic carbocycles. The van der Waals surface area contributed by atoms with Gasteiger partial charge in [0, 0.05) is 11.6 Å². The van der Waals surface area contributed by atoms with Gasteiger partial charge < -0.3 is 10.1 Å². The molecule has 1 aliphatic rings. The third-order valence-electron chi connectivity index (χ3n) is 3.61. The number of hydrogen-bond donors (Lipinski definition) is 1. The molecule has 1 aromatic rings. The standard InChI is InChI=1S/C14H21NO/c1-11-5-4-10-14(2,15-11)12-6-8-13(16-3)9-7-12/h6-9,11,15H,4-5,10H2,1-3H3. The molecule has 1 aromatic carbocycles. The number of methoxy groups -OCH3 is 1. The third-order valence-corrected chi connectivity index (χ3v) is 3.61. The lowest BCUT2D eigenvalue weighted by atomic mass is 9.82. The molecule has 1 heterocycles. The first-order valence-electron chi connectivity index (χ1n) is 6.06. The summed E-state index contributed by atoms with van der Waals surface area (Å²) in [5.41, 5.74) is 1.49. The zero-order valence-corrected chi connectivity index (χ0v) is 10.4. The number of rotatable bonds is 2. The quantitative estimate of drug-likeness (QED) is 0.825. The Morgan fingerprint density at radius 1 is 1.31 bits per heavy atom. The van der Waals surface area contributed by atoms with Crippen molar-refractivity contribution in [3.63, 3.8) is 0 Å². The smallest absolute Gasteiger partial charge is 0.118 e. The number of ether oxygens (including phenoxy) is 1. The number of nitrogens with one attached hydrogen (secondary N) is 1. The van der Waals surface area contributed by atoms with E-state index in [0.29, 0.717) is 6.04 Å². The Kier molecular flexibility index (Phi) is 3.20. The van der Waals surface area contributed by atoms with E-state index in [1.165, 1.54) is 24.8 Å². The van der Waals surface area contributed by atoms with Gasteiger partial charge in [0.25, 0.3) is 0 Å². The van der Waals surface area contributed by atoms with Gasteiger partial charge in [-0.05, 0) is 50.8 Å². The van der Waals surface area contributed by atoms with Gasteiger partial charge in [0.15, 0.2) is 0 Å². The van der Waals surface area contributed by atoms with Crippen molar-refractivity contribution < 1.29 is 4.74 Å². The van der Waals surface area contributed by atoms with Gasteiger partial charge in [0.05, 0.1) is 7.11 Å². The summed E-state index contributed by atoms with van der Waals surface area (Å²) in [5, 5.41) is 3.71. The molecule has 2 nitrogen and oxygen atoms in total. The maximum Gasteiger partial charge on any atom is 0.118 e. The van der Waals surface area contributed by atoms with E-state index in [4.69, 9.17) is 4.74 Å². The zero-order valence-electron chi connectivity index (χ0n) is 10.4. The summed E-state index contributed by atoms with van der Waals surface area (Å²) in [5.74, 6) is 0.927. The Bertz CT molecular complexity index is 346. The van der Waals surface area contributed by atoms with Crippen LogP contribution in [0.1, 0.15) is 38.7 Å². The summed E-state index contributed by atoms with van der Waals surface area (Å²) in [6, 6.07) is 9.04. The van der Waals surface area contributed by atoms with Crippen molar-refractivity contribution in [2.75, 3.05) is 7.11 Å². The summed E-state index contributed by atoms with van der Waals surface area (Å²) in [6.45, 7) is 4.56. The molecule has 1 N–H and O–H groups in total. The topological polar surface area (TPSA) is 21.3 Å². The molecule has 1 fully saturated rings. The first-order valence-corrected chi connectivity index (χ1v) is 6.06. The van der Waals surface area contributed by atoms with Crippen molar-refractivity contribution in [2.24, 2.45) is 0 Å². The molecule has 1 aliphatic heterocycles. The minimum Gasteiger partial charge on any atom is -0.497 e. The normalized spacial score (nSPS) is 30.1. The zero-order chi connectivity index (χ0) is 11.6. The van der Waals surface area contributed by atoms with Gasteiger partial charge in [-0.2, -0.15) is 0 Å². The van der Waals surface area contributed by atoms with Crippen LogP contribution in [0.4, 0.5) is 0 Å². The van der Waals surface area contributed by atoms with Crippen molar-refractivity contribution in [3.05, 3.63) is 29.8 Å². The van der Waals surface area contributed by atoms with Crippen LogP contribution in [0, 0.1) is 0 Å². The van der Waals surface area contributed by atoms with E-state index in [0.717, 1.165) is 5.75 Å². The van der Waals surface area contributed by atoms with E-state index in [-0.39, 0.29) is 5.54 Å². The van der Waals surface area contributed by atoms with E-state index in [9.17, 15) is 0 Å². The third kappa shape index (κ3) is 2.22. The van der Waals surface area contributed by atoms with E-state index < -0.39 is 0 Å². The molecule has 0 saturated carbocycles. The maximum absolute atomic E-state index is 5.19. The summed E-state index contributed by atoms with van der Waals surface area (Å²) < 4.78 is 5.19. The average Bonchev–Trinajstić information content (AvgIpc) is 2.29. The molecule has 2 heteroatoms. The lowest BCUT2D eigenvalue weighted by molar-refractivity contribution is 0.236. The summed E-state index contributed by atoms with van der Waals surface area (Å²) >= 11 is 0. The van der Waals surface area contributed by atoms with Crippen molar-refractivity contribution in [1.82, 2.24) is 5.32 Å². The Morgan fingerprint density at radius 2 is 2.00 bits per heavy atom. The van der Waals surface area contributed by atoms with Crippen LogP contribution in [0.25, 0.3) is 0 Å². The highest BCUT2D eigenvalue weighted by Gasteiger charge is 2.30. The Hall–Kier alpha value is -1.02. The molecule has 2 rings (SSSR count). The largest absolute Gasteiger partial charge is 0.497 e. The van der Waals surface area contributed by atoms with Crippen LogP contribution in [0.2, 0.25) is 0 Å². The van der Waals surface area contributed by atoms with Gasteiger partial charge >= 0.3 is 0 Å². The molecule has 1 saturated heterocycles. The van der Waals surface area contributed by atoms with Gasteiger partial charge in [-0.1, -0.05) is 12.1 Å². The second-order valence-electron chi connectivity index (χ2n) is 5.00. The number of benzene rings is 1. The maximum atomic E-state index is 5.19. The van der Waals surface area contributed by atoms with E-state index in [2.05, 4.69) is 31.3 Å². The SMILES string of the molecule is COc1ccc(C2(C)CCCC(C)N2)cc1. The Balaban J connectivity index is 2.20. The fraction of sp³-hybridized carbons (Fsp3) is 0.571. The lowest BCUT2D eigenvalue weighted by Gasteiger charge is -2.39. The van der Waals surface area contributed by atoms with Crippen molar-refractivity contribution >= 4 is 0 Å². The van der Waals surface area contributed by atoms with Crippen LogP contribution < -0.4 is 10.1 Å². The number of hydrogen-bond acceptors (Lipinski definition) is 2. The molecule has 2 unspecified atom stereocenters. The minimum atomic E-state index is 0.129. The predicted molar refractivity (Wildman–Crippen MR) is 66.8 cm³/mol. The fourth-order valence-corrected chi connectivity index (χ4v) is 2.64. The van der Waals surface area contributed by atoms with Crippen LogP contribution in [0.3, 0.4) is 0 Å². The van der Waals surface area contributed by atoms with E-state index >= 15 is 0 Å². The molecular formula is C14H21NO. The highest BCUT2D eigenvalue weighted by molar-refractivity contribution is 5.32. The van der Waals surface area contributed by atoms with Crippen molar-refractivity contribution in [3.8, 4) is 5.75 Å². The summed E-state index contributed by atoms with van der Waals surface area (Å²) in [4.78, 5) is 0. The molecule has 0 amide bonds. The molecule has 0 radical (unpaired) electrons. The van der Waals surface area contributed by atoms with Gasteiger partial charge in [0.2, 0.25) is 0 Å². The molecule has 0 spiro atoms. The van der Waals surface area contributed by atoms with Crippen LogP contribution >= 0.6 is 0 Å². The molecule has 0 aromatic heterocycles. The Labute approximate surface area is 98.0 Å². The molecular weight excluding hydrogens is 198 g/mol. The predicted octanol–water partition coefficient (Wildman–Crippen LogP) is 3.07. The van der Waals surface area contributed by atoms with Crippen LogP contribution in [0.5, 0.6) is 5.75 Å². The van der Waals surface area contributed by atoms with Crippen molar-refractivity contribution in [2.45, 2.75) is 44.7 Å². The molecule has 88 valence electrons. The van der Waals surface area contributed by atoms with Crippen LogP contribution in [-0.4, -0.2) is 13.2 Å². The van der Waals surface area contributed by atoms with Gasteiger partial charge in [-0.3, -0.25) is 0 Å². The van der Waals surface area contributed by atoms with E-state index in [1.54, 1.807) is 7.11 Å². The minimum absolute atomic E-state index is 0.129. The summed E-state index contributed by atoms with van der Waals surface area (Å²) in [7, 11) is 1.71. The molecule has 16 heavy (non-hydrogen) atoms. The Morgan fingerprint density at radius 3 is 2.56 bits per heavy atom. The van der Waals surface area contributed by atoms with Gasteiger partial charge in [0.1, 0.15) is 5.75 Å². The van der Waals surface area contributed by atoms with Gasteiger partial charge in [-0.25, -0.2) is 0 Å². The summed E-state index contributed by atoms with van der Waals surface area (Å²) in [6.07, 6.45) is 3.80.